The van der Waals surface area contributed by atoms with E-state index in [1.54, 1.807) is 20.8 Å². The maximum atomic E-state index is 12.1. The van der Waals surface area contributed by atoms with Gasteiger partial charge in [-0.2, -0.15) is 0 Å². The first-order valence-corrected chi connectivity index (χ1v) is 10.1. The van der Waals surface area contributed by atoms with Gasteiger partial charge in [-0.15, -0.1) is 0 Å². The third-order valence-electron chi connectivity index (χ3n) is 4.00. The number of nitrogens with one attached hydrogen (secondary N) is 2. The first kappa shape index (κ1) is 25.4. The number of aliphatic carboxylic acids is 1. The van der Waals surface area contributed by atoms with Gasteiger partial charge in [-0.3, -0.25) is 9.59 Å². The number of benzene rings is 1. The van der Waals surface area contributed by atoms with Crippen molar-refractivity contribution in [2.75, 3.05) is 6.54 Å². The molecule has 1 aromatic carbocycles. The summed E-state index contributed by atoms with van der Waals surface area (Å²) in [5, 5.41) is 15.1. The van der Waals surface area contributed by atoms with E-state index in [9.17, 15) is 19.5 Å². The number of esters is 1. The lowest BCUT2D eigenvalue weighted by Crippen LogP contribution is -2.49. The number of ether oxygens (including phenoxy) is 2. The Bertz CT molecular complexity index is 685. The second kappa shape index (κ2) is 12.2. The van der Waals surface area contributed by atoms with Gasteiger partial charge in [-0.25, -0.2) is 4.79 Å². The summed E-state index contributed by atoms with van der Waals surface area (Å²) in [5.74, 6) is -1.50. The van der Waals surface area contributed by atoms with E-state index in [-0.39, 0.29) is 31.5 Å². The summed E-state index contributed by atoms with van der Waals surface area (Å²) in [4.78, 5) is 35.7. The molecule has 0 aliphatic rings. The number of carbonyl (C=O) groups is 3. The summed E-state index contributed by atoms with van der Waals surface area (Å²) in [6.45, 7) is 9.57. The average molecular weight is 423 g/mol. The normalized spacial score (nSPS) is 13.4. The van der Waals surface area contributed by atoms with E-state index in [0.29, 0.717) is 6.42 Å². The predicted molar refractivity (Wildman–Crippen MR) is 113 cm³/mol. The smallest absolute Gasteiger partial charge is 0.407 e. The number of amides is 1. The molecule has 0 aromatic heterocycles. The molecule has 2 atom stereocenters. The lowest BCUT2D eigenvalue weighted by atomic mass is 10.0. The van der Waals surface area contributed by atoms with Crippen LogP contribution in [0.3, 0.4) is 0 Å². The molecular weight excluding hydrogens is 388 g/mol. The number of hydrogen-bond acceptors (Lipinski definition) is 6. The van der Waals surface area contributed by atoms with Crippen molar-refractivity contribution < 1.29 is 29.0 Å². The first-order chi connectivity index (χ1) is 14.0. The van der Waals surface area contributed by atoms with E-state index >= 15 is 0 Å². The molecule has 30 heavy (non-hydrogen) atoms. The van der Waals surface area contributed by atoms with Crippen LogP contribution in [-0.4, -0.2) is 47.4 Å². The van der Waals surface area contributed by atoms with Crippen LogP contribution in [-0.2, 0) is 25.7 Å². The highest BCUT2D eigenvalue weighted by molar-refractivity contribution is 5.81. The number of rotatable bonds is 11. The molecule has 0 aliphatic heterocycles. The van der Waals surface area contributed by atoms with E-state index in [2.05, 4.69) is 10.6 Å². The van der Waals surface area contributed by atoms with Crippen molar-refractivity contribution in [3.8, 4) is 0 Å². The van der Waals surface area contributed by atoms with Gasteiger partial charge in [0, 0.05) is 12.6 Å². The standard InChI is InChI=1S/C22H34N2O6/c1-15(2)11-17(24-21(28)30-22(3,4)5)13-23-18(20(26)27)12-19(25)29-14-16-9-7-6-8-10-16/h6-10,15,17-18,23H,11-14H2,1-5H3,(H,24,28)(H,26,27)/t17-,18-/m0/s1. The molecule has 0 bridgehead atoms. The highest BCUT2D eigenvalue weighted by atomic mass is 16.6. The molecule has 0 fully saturated rings. The van der Waals surface area contributed by atoms with Crippen molar-refractivity contribution in [2.45, 2.75) is 71.8 Å². The van der Waals surface area contributed by atoms with E-state index in [4.69, 9.17) is 9.47 Å². The monoisotopic (exact) mass is 422 g/mol. The maximum absolute atomic E-state index is 12.1. The first-order valence-electron chi connectivity index (χ1n) is 10.1. The van der Waals surface area contributed by atoms with E-state index in [1.165, 1.54) is 0 Å². The fourth-order valence-corrected chi connectivity index (χ4v) is 2.73. The summed E-state index contributed by atoms with van der Waals surface area (Å²) in [5.41, 5.74) is 0.190. The maximum Gasteiger partial charge on any atom is 0.407 e. The van der Waals surface area contributed by atoms with Gasteiger partial charge in [0.05, 0.1) is 6.42 Å². The van der Waals surface area contributed by atoms with Crippen molar-refractivity contribution >= 4 is 18.0 Å². The fraction of sp³-hybridized carbons (Fsp3) is 0.591. The third kappa shape index (κ3) is 11.4. The Labute approximate surface area is 178 Å². The fourth-order valence-electron chi connectivity index (χ4n) is 2.73. The van der Waals surface area contributed by atoms with Gasteiger partial charge in [0.25, 0.3) is 0 Å². The quantitative estimate of drug-likeness (QED) is 0.470. The molecule has 8 heteroatoms. The number of carboxylic acid groups (broad SMARTS) is 1. The predicted octanol–water partition coefficient (Wildman–Crippen LogP) is 3.10. The summed E-state index contributed by atoms with van der Waals surface area (Å²) in [6.07, 6.45) is -0.260. The van der Waals surface area contributed by atoms with Crippen LogP contribution in [0, 0.1) is 5.92 Å². The molecular formula is C22H34N2O6. The number of carboxylic acids is 1. The number of alkyl carbamates (subject to hydrolysis) is 1. The SMILES string of the molecule is CC(C)C[C@@H](CN[C@@H](CC(=O)OCc1ccccc1)C(=O)O)NC(=O)OC(C)(C)C. The van der Waals surface area contributed by atoms with Crippen molar-refractivity contribution in [1.29, 1.82) is 0 Å². The zero-order chi connectivity index (χ0) is 22.7. The Morgan fingerprint density at radius 3 is 2.27 bits per heavy atom. The van der Waals surface area contributed by atoms with E-state index < -0.39 is 29.7 Å². The van der Waals surface area contributed by atoms with Gasteiger partial charge in [0.1, 0.15) is 18.2 Å². The number of carbonyl (C=O) groups excluding carboxylic acids is 2. The van der Waals surface area contributed by atoms with Crippen molar-refractivity contribution in [1.82, 2.24) is 10.6 Å². The van der Waals surface area contributed by atoms with Crippen molar-refractivity contribution in [3.63, 3.8) is 0 Å². The average Bonchev–Trinajstić information content (AvgIpc) is 2.61. The molecule has 1 amide bonds. The summed E-state index contributed by atoms with van der Waals surface area (Å²) in [7, 11) is 0. The van der Waals surface area contributed by atoms with Crippen LogP contribution in [0.1, 0.15) is 53.0 Å². The molecule has 3 N–H and O–H groups in total. The van der Waals surface area contributed by atoms with Crippen LogP contribution in [0.15, 0.2) is 30.3 Å². The summed E-state index contributed by atoms with van der Waals surface area (Å²) in [6, 6.07) is 7.69. The summed E-state index contributed by atoms with van der Waals surface area (Å²) >= 11 is 0. The molecule has 1 rings (SSSR count). The molecule has 0 saturated carbocycles. The van der Waals surface area contributed by atoms with Gasteiger partial charge in [-0.1, -0.05) is 44.2 Å². The van der Waals surface area contributed by atoms with E-state index in [1.807, 2.05) is 44.2 Å². The van der Waals surface area contributed by atoms with Crippen molar-refractivity contribution in [3.05, 3.63) is 35.9 Å². The zero-order valence-electron chi connectivity index (χ0n) is 18.4. The topological polar surface area (TPSA) is 114 Å². The van der Waals surface area contributed by atoms with Gasteiger partial charge in [0.2, 0.25) is 0 Å². The van der Waals surface area contributed by atoms with Gasteiger partial charge >= 0.3 is 18.0 Å². The lowest BCUT2D eigenvalue weighted by Gasteiger charge is -2.26. The lowest BCUT2D eigenvalue weighted by molar-refractivity contribution is -0.150. The molecule has 0 radical (unpaired) electrons. The Balaban J connectivity index is 2.59. The Kier molecular flexibility index (Phi) is 10.3. The second-order valence-corrected chi connectivity index (χ2v) is 8.62. The molecule has 0 heterocycles. The largest absolute Gasteiger partial charge is 0.480 e. The minimum Gasteiger partial charge on any atom is -0.480 e. The van der Waals surface area contributed by atoms with Gasteiger partial charge in [0.15, 0.2) is 0 Å². The number of hydrogen-bond donors (Lipinski definition) is 3. The highest BCUT2D eigenvalue weighted by Gasteiger charge is 2.25. The Hall–Kier alpha value is -2.61. The Morgan fingerprint density at radius 2 is 1.73 bits per heavy atom. The molecule has 0 saturated heterocycles. The minimum absolute atomic E-state index is 0.0855. The van der Waals surface area contributed by atoms with Gasteiger partial charge < -0.3 is 25.2 Å². The molecule has 0 unspecified atom stereocenters. The van der Waals surface area contributed by atoms with Crippen LogP contribution in [0.2, 0.25) is 0 Å². The molecule has 168 valence electrons. The molecule has 0 aliphatic carbocycles. The zero-order valence-corrected chi connectivity index (χ0v) is 18.4. The van der Waals surface area contributed by atoms with Gasteiger partial charge in [-0.05, 0) is 38.7 Å². The molecule has 0 spiro atoms. The molecule has 8 nitrogen and oxygen atoms in total. The van der Waals surface area contributed by atoms with Crippen LogP contribution in [0.4, 0.5) is 4.79 Å². The summed E-state index contributed by atoms with van der Waals surface area (Å²) < 4.78 is 10.4. The second-order valence-electron chi connectivity index (χ2n) is 8.62. The van der Waals surface area contributed by atoms with Crippen LogP contribution in [0.5, 0.6) is 0 Å². The van der Waals surface area contributed by atoms with Crippen LogP contribution >= 0.6 is 0 Å². The van der Waals surface area contributed by atoms with Crippen molar-refractivity contribution in [2.24, 2.45) is 5.92 Å². The minimum atomic E-state index is -1.16. The Morgan fingerprint density at radius 1 is 1.10 bits per heavy atom. The third-order valence-corrected chi connectivity index (χ3v) is 4.00. The molecule has 1 aromatic rings. The van der Waals surface area contributed by atoms with Crippen LogP contribution < -0.4 is 10.6 Å². The highest BCUT2D eigenvalue weighted by Crippen LogP contribution is 2.10. The van der Waals surface area contributed by atoms with Crippen LogP contribution in [0.25, 0.3) is 0 Å². The van der Waals surface area contributed by atoms with E-state index in [0.717, 1.165) is 5.56 Å².